The highest BCUT2D eigenvalue weighted by atomic mass is 16.2. The number of hydrogen-bond donors (Lipinski definition) is 0. The summed E-state index contributed by atoms with van der Waals surface area (Å²) in [6.45, 7) is 4.43. The van der Waals surface area contributed by atoms with Crippen LogP contribution < -0.4 is 4.90 Å². The lowest BCUT2D eigenvalue weighted by Crippen LogP contribution is -2.65. The maximum absolute atomic E-state index is 12.7. The molecule has 3 fully saturated rings. The van der Waals surface area contributed by atoms with E-state index >= 15 is 0 Å². The third-order valence-corrected chi connectivity index (χ3v) is 6.28. The molecule has 3 aliphatic rings. The number of likely N-dealkylation sites (tertiary alicyclic amines) is 1. The summed E-state index contributed by atoms with van der Waals surface area (Å²) in [5, 5.41) is 0. The number of benzene rings is 1. The van der Waals surface area contributed by atoms with Gasteiger partial charge in [0, 0.05) is 18.8 Å². The molecular weight excluding hydrogens is 284 g/mol. The van der Waals surface area contributed by atoms with Gasteiger partial charge in [-0.15, -0.1) is 0 Å². The molecule has 2 heterocycles. The number of anilines is 1. The van der Waals surface area contributed by atoms with Crippen molar-refractivity contribution in [2.75, 3.05) is 31.1 Å². The minimum atomic E-state index is -0.0428. The lowest BCUT2D eigenvalue weighted by molar-refractivity contribution is -0.138. The smallest absolute Gasteiger partial charge is 0.235 e. The molecule has 1 aromatic rings. The van der Waals surface area contributed by atoms with Crippen LogP contribution >= 0.6 is 0 Å². The van der Waals surface area contributed by atoms with Gasteiger partial charge in [-0.05, 0) is 56.8 Å². The zero-order valence-electron chi connectivity index (χ0n) is 14.0. The summed E-state index contributed by atoms with van der Waals surface area (Å²) in [5.41, 5.74) is 1.02. The topological polar surface area (TPSA) is 23.6 Å². The number of piperidine rings is 1. The van der Waals surface area contributed by atoms with Crippen LogP contribution in [0.1, 0.15) is 44.9 Å². The SMILES string of the molecule is O=C1N(c2ccccc2)CC12CCN(CC1CCCCC1)CC2. The van der Waals surface area contributed by atoms with Crippen LogP contribution in [0.2, 0.25) is 0 Å². The monoisotopic (exact) mass is 312 g/mol. The van der Waals surface area contributed by atoms with E-state index in [1.165, 1.54) is 38.6 Å². The summed E-state index contributed by atoms with van der Waals surface area (Å²) in [4.78, 5) is 17.3. The van der Waals surface area contributed by atoms with Crippen molar-refractivity contribution in [2.45, 2.75) is 44.9 Å². The van der Waals surface area contributed by atoms with E-state index in [0.717, 1.165) is 44.1 Å². The molecule has 1 amide bonds. The molecule has 0 N–H and O–H groups in total. The van der Waals surface area contributed by atoms with Crippen LogP contribution in [-0.4, -0.2) is 37.0 Å². The van der Waals surface area contributed by atoms with Crippen molar-refractivity contribution >= 4 is 11.6 Å². The number of rotatable bonds is 3. The molecule has 3 nitrogen and oxygen atoms in total. The molecule has 3 heteroatoms. The standard InChI is InChI=1S/C20H28N2O/c23-19-20(16-22(19)18-9-5-2-6-10-18)11-13-21(14-12-20)15-17-7-3-1-4-8-17/h2,5-6,9-10,17H,1,3-4,7-8,11-16H2. The molecule has 1 saturated carbocycles. The molecular formula is C20H28N2O. The first kappa shape index (κ1) is 15.2. The first-order chi connectivity index (χ1) is 11.3. The Morgan fingerprint density at radius 1 is 1.00 bits per heavy atom. The second-order valence-corrected chi connectivity index (χ2v) is 7.81. The Labute approximate surface area is 139 Å². The van der Waals surface area contributed by atoms with Gasteiger partial charge in [0.05, 0.1) is 5.41 Å². The zero-order valence-corrected chi connectivity index (χ0v) is 14.0. The third-order valence-electron chi connectivity index (χ3n) is 6.28. The van der Waals surface area contributed by atoms with E-state index in [9.17, 15) is 4.79 Å². The predicted octanol–water partition coefficient (Wildman–Crippen LogP) is 3.70. The van der Waals surface area contributed by atoms with Crippen molar-refractivity contribution in [3.63, 3.8) is 0 Å². The van der Waals surface area contributed by atoms with Crippen LogP contribution in [0.25, 0.3) is 0 Å². The van der Waals surface area contributed by atoms with E-state index in [2.05, 4.69) is 4.90 Å². The molecule has 0 radical (unpaired) electrons. The summed E-state index contributed by atoms with van der Waals surface area (Å²) < 4.78 is 0. The molecule has 124 valence electrons. The van der Waals surface area contributed by atoms with Crippen molar-refractivity contribution < 1.29 is 4.79 Å². The molecule has 1 aliphatic carbocycles. The van der Waals surface area contributed by atoms with Crippen LogP contribution in [0.4, 0.5) is 5.69 Å². The number of β-lactam (4-membered cyclic amide) rings is 1. The summed E-state index contributed by atoms with van der Waals surface area (Å²) in [6.07, 6.45) is 9.23. The van der Waals surface area contributed by atoms with Crippen molar-refractivity contribution in [1.82, 2.24) is 4.90 Å². The van der Waals surface area contributed by atoms with Gasteiger partial charge >= 0.3 is 0 Å². The Morgan fingerprint density at radius 2 is 1.70 bits per heavy atom. The van der Waals surface area contributed by atoms with Gasteiger partial charge in [0.1, 0.15) is 0 Å². The Bertz CT molecular complexity index is 542. The molecule has 0 aromatic heterocycles. The molecule has 0 bridgehead atoms. The van der Waals surface area contributed by atoms with Gasteiger partial charge in [-0.25, -0.2) is 0 Å². The average molecular weight is 312 g/mol. The lowest BCUT2D eigenvalue weighted by Gasteiger charge is -2.52. The molecule has 1 aromatic carbocycles. The Balaban J connectivity index is 1.31. The lowest BCUT2D eigenvalue weighted by atomic mass is 9.70. The molecule has 0 atom stereocenters. The normalized spacial score (nSPS) is 25.6. The maximum atomic E-state index is 12.7. The van der Waals surface area contributed by atoms with E-state index in [-0.39, 0.29) is 5.41 Å². The second-order valence-electron chi connectivity index (χ2n) is 7.81. The summed E-state index contributed by atoms with van der Waals surface area (Å²) >= 11 is 0. The predicted molar refractivity (Wildman–Crippen MR) is 93.5 cm³/mol. The third kappa shape index (κ3) is 2.91. The highest BCUT2D eigenvalue weighted by Crippen LogP contribution is 2.44. The van der Waals surface area contributed by atoms with E-state index in [1.54, 1.807) is 0 Å². The van der Waals surface area contributed by atoms with Crippen molar-refractivity contribution in [1.29, 1.82) is 0 Å². The number of carbonyl (C=O) groups excluding carboxylic acids is 1. The van der Waals surface area contributed by atoms with Gasteiger partial charge in [-0.1, -0.05) is 37.5 Å². The quantitative estimate of drug-likeness (QED) is 0.795. The molecule has 0 unspecified atom stereocenters. The largest absolute Gasteiger partial charge is 0.311 e. The molecule has 2 saturated heterocycles. The van der Waals surface area contributed by atoms with Gasteiger partial charge < -0.3 is 9.80 Å². The van der Waals surface area contributed by atoms with Crippen LogP contribution in [0.3, 0.4) is 0 Å². The van der Waals surface area contributed by atoms with Crippen LogP contribution in [0, 0.1) is 11.3 Å². The van der Waals surface area contributed by atoms with E-state index in [0.29, 0.717) is 5.91 Å². The molecule has 23 heavy (non-hydrogen) atoms. The summed E-state index contributed by atoms with van der Waals surface area (Å²) in [6, 6.07) is 10.1. The zero-order chi connectivity index (χ0) is 15.7. The number of carbonyl (C=O) groups is 1. The van der Waals surface area contributed by atoms with Crippen molar-refractivity contribution in [2.24, 2.45) is 11.3 Å². The minimum absolute atomic E-state index is 0.0428. The highest BCUT2D eigenvalue weighted by molar-refractivity contribution is 6.04. The second kappa shape index (κ2) is 6.27. The Morgan fingerprint density at radius 3 is 2.35 bits per heavy atom. The minimum Gasteiger partial charge on any atom is -0.311 e. The van der Waals surface area contributed by atoms with Gasteiger partial charge in [-0.3, -0.25) is 4.79 Å². The summed E-state index contributed by atoms with van der Waals surface area (Å²) in [5.74, 6) is 1.27. The average Bonchev–Trinajstić information content (AvgIpc) is 2.62. The first-order valence-electron chi connectivity index (χ1n) is 9.36. The van der Waals surface area contributed by atoms with Crippen molar-refractivity contribution in [3.05, 3.63) is 30.3 Å². The van der Waals surface area contributed by atoms with Gasteiger partial charge in [0.2, 0.25) is 5.91 Å². The van der Waals surface area contributed by atoms with E-state index in [1.807, 2.05) is 35.2 Å². The number of amides is 1. The van der Waals surface area contributed by atoms with Gasteiger partial charge in [-0.2, -0.15) is 0 Å². The number of hydrogen-bond acceptors (Lipinski definition) is 2. The van der Waals surface area contributed by atoms with Crippen LogP contribution in [0.15, 0.2) is 30.3 Å². The van der Waals surface area contributed by atoms with E-state index < -0.39 is 0 Å². The van der Waals surface area contributed by atoms with Crippen LogP contribution in [-0.2, 0) is 4.79 Å². The van der Waals surface area contributed by atoms with Crippen LogP contribution in [0.5, 0.6) is 0 Å². The fourth-order valence-corrected chi connectivity index (χ4v) is 4.72. The first-order valence-corrected chi connectivity index (χ1v) is 9.36. The van der Waals surface area contributed by atoms with E-state index in [4.69, 9.17) is 0 Å². The molecule has 1 spiro atoms. The van der Waals surface area contributed by atoms with Crippen molar-refractivity contribution in [3.8, 4) is 0 Å². The summed E-state index contributed by atoms with van der Waals surface area (Å²) in [7, 11) is 0. The molecule has 4 rings (SSSR count). The Hall–Kier alpha value is -1.35. The maximum Gasteiger partial charge on any atom is 0.235 e. The number of nitrogens with zero attached hydrogens (tertiary/aromatic N) is 2. The Kier molecular flexibility index (Phi) is 4.14. The fourth-order valence-electron chi connectivity index (χ4n) is 4.72. The fraction of sp³-hybridized carbons (Fsp3) is 0.650. The number of para-hydroxylation sites is 1. The van der Waals surface area contributed by atoms with Gasteiger partial charge in [0.25, 0.3) is 0 Å². The molecule has 2 aliphatic heterocycles. The van der Waals surface area contributed by atoms with Gasteiger partial charge in [0.15, 0.2) is 0 Å². The highest BCUT2D eigenvalue weighted by Gasteiger charge is 2.53.